The Morgan fingerprint density at radius 1 is 1.00 bits per heavy atom. The zero-order chi connectivity index (χ0) is 21.0. The Bertz CT molecular complexity index is 1000. The predicted molar refractivity (Wildman–Crippen MR) is 114 cm³/mol. The van der Waals surface area contributed by atoms with E-state index in [1.165, 1.54) is 28.8 Å². The van der Waals surface area contributed by atoms with Gasteiger partial charge in [0.1, 0.15) is 0 Å². The van der Waals surface area contributed by atoms with Gasteiger partial charge in [-0.2, -0.15) is 0 Å². The summed E-state index contributed by atoms with van der Waals surface area (Å²) in [7, 11) is 0. The van der Waals surface area contributed by atoms with Gasteiger partial charge in [-0.15, -0.1) is 10.2 Å². The highest BCUT2D eigenvalue weighted by molar-refractivity contribution is 8.00. The van der Waals surface area contributed by atoms with Crippen LogP contribution in [0.25, 0.3) is 11.4 Å². The third kappa shape index (κ3) is 4.89. The van der Waals surface area contributed by atoms with Crippen LogP contribution in [0.2, 0.25) is 0 Å². The number of nitrogens with one attached hydrogen (secondary N) is 1. The van der Waals surface area contributed by atoms with Crippen LogP contribution in [0.1, 0.15) is 44.0 Å². The first-order valence-electron chi connectivity index (χ1n) is 9.31. The summed E-state index contributed by atoms with van der Waals surface area (Å²) in [5.41, 5.74) is 2.68. The number of aromatic nitrogens is 4. The fourth-order valence-corrected chi connectivity index (χ4v) is 3.62. The Morgan fingerprint density at radius 3 is 2.24 bits per heavy atom. The van der Waals surface area contributed by atoms with Crippen molar-refractivity contribution in [2.45, 2.75) is 44.0 Å². The molecule has 0 spiro atoms. The smallest absolute Gasteiger partial charge is 0.237 e. The van der Waals surface area contributed by atoms with E-state index in [0.717, 1.165) is 11.3 Å². The van der Waals surface area contributed by atoms with Gasteiger partial charge in [-0.05, 0) is 42.7 Å². The van der Waals surface area contributed by atoms with E-state index in [1.54, 1.807) is 31.5 Å². The van der Waals surface area contributed by atoms with Crippen molar-refractivity contribution in [3.8, 4) is 11.4 Å². The molecule has 0 aliphatic carbocycles. The molecule has 1 N–H and O–H groups in total. The molecule has 1 amide bonds. The van der Waals surface area contributed by atoms with Crippen molar-refractivity contribution >= 4 is 29.3 Å². The molecule has 3 aromatic rings. The molecule has 8 heteroatoms. The average Bonchev–Trinajstić information content (AvgIpc) is 3.12. The summed E-state index contributed by atoms with van der Waals surface area (Å²) in [5.74, 6) is 0.470. The molecule has 2 heterocycles. The summed E-state index contributed by atoms with van der Waals surface area (Å²) in [6.45, 7) is 7.46. The minimum atomic E-state index is -0.465. The first-order chi connectivity index (χ1) is 13.9. The number of amides is 1. The van der Waals surface area contributed by atoms with E-state index in [9.17, 15) is 9.59 Å². The summed E-state index contributed by atoms with van der Waals surface area (Å²) < 4.78 is 1.42. The van der Waals surface area contributed by atoms with Crippen LogP contribution in [0.15, 0.2) is 53.9 Å². The highest BCUT2D eigenvalue weighted by Crippen LogP contribution is 2.27. The van der Waals surface area contributed by atoms with Crippen LogP contribution in [-0.4, -0.2) is 36.8 Å². The average molecular weight is 410 g/mol. The number of carbonyl (C=O) groups is 2. The maximum atomic E-state index is 12.6. The summed E-state index contributed by atoms with van der Waals surface area (Å²) in [4.78, 5) is 28.8. The fraction of sp³-hybridized carbons (Fsp3) is 0.286. The van der Waals surface area contributed by atoms with E-state index in [4.69, 9.17) is 0 Å². The monoisotopic (exact) mass is 409 g/mol. The largest absolute Gasteiger partial charge is 0.325 e. The number of benzene rings is 1. The summed E-state index contributed by atoms with van der Waals surface area (Å²) in [5, 5.41) is 11.1. The first-order valence-corrected chi connectivity index (χ1v) is 10.2. The number of carbonyl (C=O) groups excluding carboxylic acids is 2. The van der Waals surface area contributed by atoms with Crippen molar-refractivity contribution in [2.24, 2.45) is 0 Å². The number of hydrogen-bond donors (Lipinski definition) is 1. The van der Waals surface area contributed by atoms with Gasteiger partial charge in [0.25, 0.3) is 0 Å². The SMILES string of the molecule is CC(=O)n1c(SC(C)C(=O)Nc2ccc(C(C)C)cc2)nnc1-c1ccncc1. The molecule has 0 aliphatic rings. The zero-order valence-electron chi connectivity index (χ0n) is 16.8. The molecule has 0 fully saturated rings. The van der Waals surface area contributed by atoms with Crippen molar-refractivity contribution in [1.29, 1.82) is 0 Å². The van der Waals surface area contributed by atoms with Crippen LogP contribution >= 0.6 is 11.8 Å². The highest BCUT2D eigenvalue weighted by Gasteiger charge is 2.23. The van der Waals surface area contributed by atoms with Gasteiger partial charge >= 0.3 is 0 Å². The predicted octanol–water partition coefficient (Wildman–Crippen LogP) is 4.24. The highest BCUT2D eigenvalue weighted by atomic mass is 32.2. The molecule has 0 bridgehead atoms. The molecule has 1 atom stereocenters. The summed E-state index contributed by atoms with van der Waals surface area (Å²) >= 11 is 1.19. The van der Waals surface area contributed by atoms with Crippen molar-refractivity contribution in [1.82, 2.24) is 19.7 Å². The minimum absolute atomic E-state index is 0.170. The molecule has 1 aromatic carbocycles. The fourth-order valence-electron chi connectivity index (χ4n) is 2.72. The lowest BCUT2D eigenvalue weighted by Crippen LogP contribution is -2.23. The van der Waals surface area contributed by atoms with E-state index in [0.29, 0.717) is 16.9 Å². The third-order valence-electron chi connectivity index (χ3n) is 4.38. The summed E-state index contributed by atoms with van der Waals surface area (Å²) in [6.07, 6.45) is 3.25. The molecular weight excluding hydrogens is 386 g/mol. The number of nitrogens with zero attached hydrogens (tertiary/aromatic N) is 4. The topological polar surface area (TPSA) is 89.8 Å². The van der Waals surface area contributed by atoms with Gasteiger partial charge < -0.3 is 5.32 Å². The molecule has 1 unspecified atom stereocenters. The van der Waals surface area contributed by atoms with Crippen LogP contribution in [0.4, 0.5) is 5.69 Å². The van der Waals surface area contributed by atoms with E-state index < -0.39 is 5.25 Å². The standard InChI is InChI=1S/C21H23N5O2S/c1-13(2)16-5-7-18(8-6-16)23-20(28)14(3)29-21-25-24-19(26(21)15(4)27)17-9-11-22-12-10-17/h5-14H,1-4H3,(H,23,28). The van der Waals surface area contributed by atoms with Crippen molar-refractivity contribution in [3.63, 3.8) is 0 Å². The van der Waals surface area contributed by atoms with Crippen LogP contribution < -0.4 is 5.32 Å². The van der Waals surface area contributed by atoms with E-state index >= 15 is 0 Å². The second kappa shape index (κ2) is 9.00. The Balaban J connectivity index is 1.74. The van der Waals surface area contributed by atoms with Gasteiger partial charge in [-0.1, -0.05) is 37.7 Å². The van der Waals surface area contributed by atoms with E-state index in [2.05, 4.69) is 34.3 Å². The Kier molecular flexibility index (Phi) is 6.43. The second-order valence-corrected chi connectivity index (χ2v) is 8.23. The third-order valence-corrected chi connectivity index (χ3v) is 5.43. The maximum absolute atomic E-state index is 12.6. The lowest BCUT2D eigenvalue weighted by Gasteiger charge is -2.13. The van der Waals surface area contributed by atoms with Gasteiger partial charge in [0.15, 0.2) is 11.0 Å². The van der Waals surface area contributed by atoms with Gasteiger partial charge in [-0.25, -0.2) is 4.57 Å². The van der Waals surface area contributed by atoms with Crippen LogP contribution in [-0.2, 0) is 4.79 Å². The lowest BCUT2D eigenvalue weighted by molar-refractivity contribution is -0.115. The van der Waals surface area contributed by atoms with Gasteiger partial charge in [0.2, 0.25) is 11.8 Å². The number of anilines is 1. The van der Waals surface area contributed by atoms with E-state index in [1.807, 2.05) is 24.3 Å². The Morgan fingerprint density at radius 2 is 1.66 bits per heavy atom. The summed E-state index contributed by atoms with van der Waals surface area (Å²) in [6, 6.07) is 11.3. The number of hydrogen-bond acceptors (Lipinski definition) is 6. The van der Waals surface area contributed by atoms with Crippen molar-refractivity contribution in [2.75, 3.05) is 5.32 Å². The van der Waals surface area contributed by atoms with Gasteiger partial charge in [-0.3, -0.25) is 14.6 Å². The van der Waals surface area contributed by atoms with Crippen LogP contribution in [0.3, 0.4) is 0 Å². The number of pyridine rings is 1. The van der Waals surface area contributed by atoms with Crippen molar-refractivity contribution in [3.05, 3.63) is 54.4 Å². The number of rotatable bonds is 6. The van der Waals surface area contributed by atoms with Crippen LogP contribution in [0, 0.1) is 0 Å². The molecule has 2 aromatic heterocycles. The molecule has 29 heavy (non-hydrogen) atoms. The van der Waals surface area contributed by atoms with E-state index in [-0.39, 0.29) is 11.8 Å². The molecule has 0 saturated heterocycles. The molecule has 0 radical (unpaired) electrons. The first kappa shape index (κ1) is 20.7. The molecule has 7 nitrogen and oxygen atoms in total. The Hall–Kier alpha value is -3.00. The zero-order valence-corrected chi connectivity index (χ0v) is 17.6. The maximum Gasteiger partial charge on any atom is 0.237 e. The quantitative estimate of drug-likeness (QED) is 0.613. The molecule has 3 rings (SSSR count). The molecule has 150 valence electrons. The normalized spacial score (nSPS) is 12.0. The lowest BCUT2D eigenvalue weighted by atomic mass is 10.0. The second-order valence-electron chi connectivity index (χ2n) is 6.92. The van der Waals surface area contributed by atoms with Gasteiger partial charge in [0.05, 0.1) is 5.25 Å². The molecule has 0 saturated carbocycles. The van der Waals surface area contributed by atoms with Gasteiger partial charge in [0, 0.05) is 30.6 Å². The van der Waals surface area contributed by atoms with Crippen LogP contribution in [0.5, 0.6) is 0 Å². The molecular formula is C21H23N5O2S. The van der Waals surface area contributed by atoms with Crippen molar-refractivity contribution < 1.29 is 9.59 Å². The minimum Gasteiger partial charge on any atom is -0.325 e. The number of thioether (sulfide) groups is 1. The Labute approximate surface area is 174 Å². The molecule has 0 aliphatic heterocycles.